The third-order valence-corrected chi connectivity index (χ3v) is 8.92. The number of piperidine rings is 1. The van der Waals surface area contributed by atoms with E-state index in [0.29, 0.717) is 53.6 Å². The van der Waals surface area contributed by atoms with Crippen molar-refractivity contribution in [1.29, 1.82) is 0 Å². The highest BCUT2D eigenvalue weighted by atomic mass is 19.3. The molecule has 48 heavy (non-hydrogen) atoms. The van der Waals surface area contributed by atoms with Gasteiger partial charge in [0.25, 0.3) is 5.91 Å². The molecule has 4 aromatic rings. The molecule has 8 nitrogen and oxygen atoms in total. The highest BCUT2D eigenvalue weighted by Crippen LogP contribution is 2.38. The van der Waals surface area contributed by atoms with Gasteiger partial charge in [0.05, 0.1) is 16.8 Å². The maximum Gasteiger partial charge on any atom is 0.330 e. The quantitative estimate of drug-likeness (QED) is 0.123. The number of terminal acetylenes is 1. The van der Waals surface area contributed by atoms with Crippen LogP contribution in [0.5, 0.6) is 0 Å². The van der Waals surface area contributed by atoms with E-state index in [1.54, 1.807) is 24.3 Å². The van der Waals surface area contributed by atoms with Gasteiger partial charge in [0.1, 0.15) is 11.6 Å². The number of anilines is 3. The molecule has 3 heterocycles. The molecule has 3 aromatic carbocycles. The van der Waals surface area contributed by atoms with E-state index in [4.69, 9.17) is 11.2 Å². The van der Waals surface area contributed by atoms with Crippen molar-refractivity contribution in [2.45, 2.75) is 38.0 Å². The molecule has 0 bridgehead atoms. The van der Waals surface area contributed by atoms with E-state index >= 15 is 13.3 Å². The predicted molar refractivity (Wildman–Crippen MR) is 171 cm³/mol. The number of halogens is 5. The van der Waals surface area contributed by atoms with Crippen LogP contribution in [0.15, 0.2) is 54.6 Å². The molecule has 0 spiro atoms. The second kappa shape index (κ2) is 13.6. The van der Waals surface area contributed by atoms with Crippen molar-refractivity contribution >= 4 is 39.9 Å². The van der Waals surface area contributed by atoms with Gasteiger partial charge < -0.3 is 15.0 Å². The number of aromatic nitrogens is 2. The standard InChI is InChI=1S/C35H32F5N5O3/c1-2-21-7-11-44(12-8-21)27-4-5-28(31(20-27)45(40)34(47)35(38,39)24-9-13-48-14-10-24)33(46)41-32-29-18-22(3-6-30(29)42-43-32)15-23-16-25(36)19-26(37)17-23/h1,3-6,16-21,24H,7-15H2,(H2,41,42,43,46). The minimum Gasteiger partial charge on any atom is -0.381 e. The Balaban J connectivity index is 1.30. The lowest BCUT2D eigenvalue weighted by molar-refractivity contribution is -0.159. The van der Waals surface area contributed by atoms with Crippen molar-refractivity contribution in [3.63, 3.8) is 0 Å². The summed E-state index contributed by atoms with van der Waals surface area (Å²) < 4.78 is 79.3. The Hall–Kier alpha value is -4.96. The number of nitrogens with one attached hydrogen (secondary N) is 2. The number of benzene rings is 3. The number of alkyl halides is 2. The molecule has 1 aromatic heterocycles. The normalized spacial score (nSPS) is 16.1. The summed E-state index contributed by atoms with van der Waals surface area (Å²) in [6.45, 7) is 1.08. The summed E-state index contributed by atoms with van der Waals surface area (Å²) in [5.74, 6) is -7.05. The number of fused-ring (bicyclic) bond motifs is 1. The van der Waals surface area contributed by atoms with Gasteiger partial charge in [-0.25, -0.2) is 8.78 Å². The second-order valence-corrected chi connectivity index (χ2v) is 12.1. The van der Waals surface area contributed by atoms with Crippen LogP contribution in [0.2, 0.25) is 0 Å². The summed E-state index contributed by atoms with van der Waals surface area (Å²) in [5.41, 5.74) is 0.973. The van der Waals surface area contributed by atoms with Gasteiger partial charge in [0.2, 0.25) is 0 Å². The van der Waals surface area contributed by atoms with Crippen LogP contribution in [0.1, 0.15) is 47.2 Å². The summed E-state index contributed by atoms with van der Waals surface area (Å²) in [6.07, 6.45) is 6.83. The Morgan fingerprint density at radius 3 is 2.40 bits per heavy atom. The third-order valence-electron chi connectivity index (χ3n) is 8.92. The fourth-order valence-electron chi connectivity index (χ4n) is 6.24. The maximum absolute atomic E-state index is 16.0. The number of ether oxygens (including phenoxy) is 1. The first-order valence-electron chi connectivity index (χ1n) is 15.6. The summed E-state index contributed by atoms with van der Waals surface area (Å²) >= 11 is 0. The molecule has 2 aliphatic rings. The van der Waals surface area contributed by atoms with Crippen molar-refractivity contribution < 1.29 is 36.4 Å². The SMILES string of the molecule is C#CC1CCN(c2ccc(C(=O)Nc3n[nH]c4ccc(Cc5cc(F)cc(F)c5)cc34)c(N(F)C(=O)C(F)(F)C3CCOCC3)c2)CC1. The van der Waals surface area contributed by atoms with E-state index < -0.39 is 46.1 Å². The van der Waals surface area contributed by atoms with Gasteiger partial charge in [-0.15, -0.1) is 17.5 Å². The first-order chi connectivity index (χ1) is 23.0. The van der Waals surface area contributed by atoms with Crippen LogP contribution in [0, 0.1) is 35.8 Å². The summed E-state index contributed by atoms with van der Waals surface area (Å²) in [6, 6.07) is 12.3. The van der Waals surface area contributed by atoms with Gasteiger partial charge in [-0.1, -0.05) is 10.5 Å². The lowest BCUT2D eigenvalue weighted by Crippen LogP contribution is -2.47. The van der Waals surface area contributed by atoms with Gasteiger partial charge in [-0.3, -0.25) is 14.7 Å². The Labute approximate surface area is 273 Å². The van der Waals surface area contributed by atoms with E-state index in [0.717, 1.165) is 6.07 Å². The fraction of sp³-hybridized carbons (Fsp3) is 0.343. The number of H-pyrrole nitrogens is 1. The minimum absolute atomic E-state index is 0.0229. The molecule has 6 rings (SSSR count). The molecular formula is C35H32F5N5O3. The lowest BCUT2D eigenvalue weighted by atomic mass is 9.92. The number of amides is 2. The van der Waals surface area contributed by atoms with Gasteiger partial charge in [-0.05, 0) is 85.7 Å². The molecule has 0 atom stereocenters. The smallest absolute Gasteiger partial charge is 0.330 e. The van der Waals surface area contributed by atoms with Crippen molar-refractivity contribution in [3.05, 3.63) is 82.9 Å². The average molecular weight is 666 g/mol. The summed E-state index contributed by atoms with van der Waals surface area (Å²) in [5, 5.41) is 9.31. The van der Waals surface area contributed by atoms with Crippen LogP contribution in [0.25, 0.3) is 10.9 Å². The minimum atomic E-state index is -4.05. The fourth-order valence-corrected chi connectivity index (χ4v) is 6.24. The first-order valence-corrected chi connectivity index (χ1v) is 15.6. The number of hydrogen-bond acceptors (Lipinski definition) is 5. The molecule has 2 aliphatic heterocycles. The average Bonchev–Trinajstić information content (AvgIpc) is 3.48. The number of rotatable bonds is 8. The van der Waals surface area contributed by atoms with E-state index in [-0.39, 0.29) is 49.8 Å². The molecule has 0 aliphatic carbocycles. The molecule has 0 unspecified atom stereocenters. The van der Waals surface area contributed by atoms with E-state index in [1.165, 1.54) is 24.3 Å². The van der Waals surface area contributed by atoms with Gasteiger partial charge in [-0.2, -0.15) is 13.9 Å². The van der Waals surface area contributed by atoms with Crippen molar-refractivity contribution in [1.82, 2.24) is 10.2 Å². The number of hydrogen-bond donors (Lipinski definition) is 2. The van der Waals surface area contributed by atoms with Crippen LogP contribution in [-0.4, -0.2) is 54.2 Å². The van der Waals surface area contributed by atoms with Crippen molar-refractivity contribution in [2.24, 2.45) is 11.8 Å². The topological polar surface area (TPSA) is 90.6 Å². The number of aromatic amines is 1. The first kappa shape index (κ1) is 33.0. The monoisotopic (exact) mass is 665 g/mol. The molecule has 2 N–H and O–H groups in total. The zero-order chi connectivity index (χ0) is 34.0. The van der Waals surface area contributed by atoms with Crippen molar-refractivity contribution in [3.8, 4) is 12.3 Å². The molecule has 2 amide bonds. The molecule has 0 saturated carbocycles. The zero-order valence-corrected chi connectivity index (χ0v) is 25.7. The van der Waals surface area contributed by atoms with Gasteiger partial charge >= 0.3 is 11.8 Å². The van der Waals surface area contributed by atoms with E-state index in [1.807, 2.05) is 4.90 Å². The van der Waals surface area contributed by atoms with E-state index in [9.17, 15) is 18.4 Å². The van der Waals surface area contributed by atoms with Crippen LogP contribution >= 0.6 is 0 Å². The highest BCUT2D eigenvalue weighted by molar-refractivity contribution is 6.13. The second-order valence-electron chi connectivity index (χ2n) is 12.1. The third kappa shape index (κ3) is 6.85. The molecule has 250 valence electrons. The molecule has 0 radical (unpaired) electrons. The maximum atomic E-state index is 16.0. The molecule has 2 saturated heterocycles. The Morgan fingerprint density at radius 1 is 1.00 bits per heavy atom. The van der Waals surface area contributed by atoms with Crippen LogP contribution in [0.4, 0.5) is 39.2 Å². The summed E-state index contributed by atoms with van der Waals surface area (Å²) in [7, 11) is 0. The number of carbonyl (C=O) groups is 2. The Kier molecular flexibility index (Phi) is 9.37. The molecule has 2 fully saturated rings. The molecular weight excluding hydrogens is 633 g/mol. The van der Waals surface area contributed by atoms with Crippen LogP contribution in [0.3, 0.4) is 0 Å². The number of carbonyl (C=O) groups excluding carboxylic acids is 2. The van der Waals surface area contributed by atoms with Crippen LogP contribution in [-0.2, 0) is 16.0 Å². The summed E-state index contributed by atoms with van der Waals surface area (Å²) in [4.78, 5) is 28.6. The number of nitrogens with zero attached hydrogens (tertiary/aromatic N) is 3. The van der Waals surface area contributed by atoms with Crippen molar-refractivity contribution in [2.75, 3.05) is 41.6 Å². The lowest BCUT2D eigenvalue weighted by Gasteiger charge is -2.33. The predicted octanol–water partition coefficient (Wildman–Crippen LogP) is 6.81. The van der Waals surface area contributed by atoms with Crippen LogP contribution < -0.4 is 15.3 Å². The largest absolute Gasteiger partial charge is 0.381 e. The highest BCUT2D eigenvalue weighted by Gasteiger charge is 2.51. The Morgan fingerprint density at radius 2 is 1.71 bits per heavy atom. The van der Waals surface area contributed by atoms with Gasteiger partial charge in [0, 0.05) is 55.3 Å². The Bertz CT molecular complexity index is 1860. The van der Waals surface area contributed by atoms with Gasteiger partial charge in [0.15, 0.2) is 5.82 Å². The molecule has 13 heteroatoms. The zero-order valence-electron chi connectivity index (χ0n) is 25.7. The van der Waals surface area contributed by atoms with E-state index in [2.05, 4.69) is 21.4 Å².